The number of hydrogen-bond donors (Lipinski definition) is 1. The van der Waals surface area contributed by atoms with Crippen molar-refractivity contribution in [1.29, 1.82) is 0 Å². The minimum Gasteiger partial charge on any atom is -0.480 e. The molecule has 0 aromatic heterocycles. The molecule has 0 spiro atoms. The monoisotopic (exact) mass is 291 g/mol. The number of fused-ring (bicyclic) bond motifs is 1. The molecule has 0 bridgehead atoms. The van der Waals surface area contributed by atoms with Gasteiger partial charge < -0.3 is 9.84 Å². The van der Waals surface area contributed by atoms with Crippen molar-refractivity contribution >= 4 is 17.7 Å². The quantitative estimate of drug-likeness (QED) is 0.863. The normalized spacial score (nSPS) is 17.6. The zero-order chi connectivity index (χ0) is 15.9. The van der Waals surface area contributed by atoms with Crippen molar-refractivity contribution in [3.8, 4) is 0 Å². The lowest BCUT2D eigenvalue weighted by Gasteiger charge is -2.28. The van der Waals surface area contributed by atoms with E-state index in [1.165, 1.54) is 4.90 Å². The topological polar surface area (TPSA) is 66.8 Å². The molecule has 1 amide bonds. The number of ether oxygens (including phenoxy) is 1. The van der Waals surface area contributed by atoms with Crippen LogP contribution in [0.1, 0.15) is 37.5 Å². The van der Waals surface area contributed by atoms with Crippen molar-refractivity contribution < 1.29 is 19.4 Å². The number of carbonyl (C=O) groups is 2. The number of rotatable bonds is 1. The van der Waals surface area contributed by atoms with Crippen LogP contribution in [-0.4, -0.2) is 28.8 Å². The lowest BCUT2D eigenvalue weighted by Crippen LogP contribution is -2.45. The number of hydrogen-bond acceptors (Lipinski definition) is 3. The fourth-order valence-electron chi connectivity index (χ4n) is 2.62. The number of carboxylic acids is 1. The predicted octanol–water partition coefficient (Wildman–Crippen LogP) is 3.05. The number of carbonyl (C=O) groups excluding carboxylic acids is 1. The van der Waals surface area contributed by atoms with Crippen LogP contribution in [0.2, 0.25) is 0 Å². The van der Waals surface area contributed by atoms with E-state index in [4.69, 9.17) is 4.74 Å². The summed E-state index contributed by atoms with van der Waals surface area (Å²) in [6, 6.07) is 2.94. The van der Waals surface area contributed by atoms with Crippen LogP contribution in [0, 0.1) is 13.8 Å². The van der Waals surface area contributed by atoms with Gasteiger partial charge >= 0.3 is 12.1 Å². The van der Waals surface area contributed by atoms with Gasteiger partial charge in [-0.25, -0.2) is 9.59 Å². The number of aliphatic carboxylic acids is 1. The molecule has 5 nitrogen and oxygen atoms in total. The second-order valence-corrected chi connectivity index (χ2v) is 6.44. The first kappa shape index (κ1) is 15.4. The summed E-state index contributed by atoms with van der Waals surface area (Å²) in [5.41, 5.74) is 2.80. The Morgan fingerprint density at radius 3 is 2.33 bits per heavy atom. The van der Waals surface area contributed by atoms with Crippen LogP contribution in [0.3, 0.4) is 0 Å². The fraction of sp³-hybridized carbons (Fsp3) is 0.500. The van der Waals surface area contributed by atoms with Gasteiger partial charge in [0.25, 0.3) is 0 Å². The van der Waals surface area contributed by atoms with Gasteiger partial charge in [-0.3, -0.25) is 4.90 Å². The summed E-state index contributed by atoms with van der Waals surface area (Å²) in [4.78, 5) is 25.2. The van der Waals surface area contributed by atoms with E-state index in [0.717, 1.165) is 16.7 Å². The minimum atomic E-state index is -1.02. The standard InChI is InChI=1S/C16H21NO4/c1-9-6-7-10(2)13-11(9)8-12(14(18)19)17(13)15(20)21-16(3,4)5/h6-7,12H,8H2,1-5H3,(H,18,19). The summed E-state index contributed by atoms with van der Waals surface area (Å²) >= 11 is 0. The van der Waals surface area contributed by atoms with Gasteiger partial charge in [-0.2, -0.15) is 0 Å². The zero-order valence-corrected chi connectivity index (χ0v) is 13.1. The van der Waals surface area contributed by atoms with Crippen LogP contribution < -0.4 is 4.90 Å². The average Bonchev–Trinajstić information content (AvgIpc) is 2.73. The lowest BCUT2D eigenvalue weighted by molar-refractivity contribution is -0.138. The first-order chi connectivity index (χ1) is 9.61. The molecule has 1 aromatic rings. The maximum atomic E-state index is 12.4. The molecule has 2 rings (SSSR count). The molecule has 1 heterocycles. The number of nitrogens with zero attached hydrogens (tertiary/aromatic N) is 1. The van der Waals surface area contributed by atoms with Gasteiger partial charge in [-0.15, -0.1) is 0 Å². The maximum absolute atomic E-state index is 12.4. The zero-order valence-electron chi connectivity index (χ0n) is 13.1. The van der Waals surface area contributed by atoms with Crippen LogP contribution in [0.15, 0.2) is 12.1 Å². The molecule has 1 N–H and O–H groups in total. The van der Waals surface area contributed by atoms with E-state index in [-0.39, 0.29) is 0 Å². The van der Waals surface area contributed by atoms with Crippen molar-refractivity contribution in [3.05, 3.63) is 28.8 Å². The molecule has 1 aliphatic rings. The number of benzene rings is 1. The van der Waals surface area contributed by atoms with Gasteiger partial charge in [0.2, 0.25) is 0 Å². The molecular weight excluding hydrogens is 270 g/mol. The fourth-order valence-corrected chi connectivity index (χ4v) is 2.62. The third kappa shape index (κ3) is 2.86. The van der Waals surface area contributed by atoms with Gasteiger partial charge in [0.1, 0.15) is 11.6 Å². The van der Waals surface area contributed by atoms with Gasteiger partial charge in [-0.05, 0) is 51.3 Å². The predicted molar refractivity (Wildman–Crippen MR) is 79.8 cm³/mol. The third-order valence-corrected chi connectivity index (χ3v) is 3.54. The SMILES string of the molecule is Cc1ccc(C)c2c1CC(C(=O)O)N2C(=O)OC(C)(C)C. The summed E-state index contributed by atoms with van der Waals surface area (Å²) in [5, 5.41) is 9.44. The maximum Gasteiger partial charge on any atom is 0.415 e. The Hall–Kier alpha value is -2.04. The third-order valence-electron chi connectivity index (χ3n) is 3.54. The summed E-state index contributed by atoms with van der Waals surface area (Å²) in [5.74, 6) is -1.02. The lowest BCUT2D eigenvalue weighted by atomic mass is 10.0. The first-order valence-corrected chi connectivity index (χ1v) is 6.96. The van der Waals surface area contributed by atoms with E-state index in [1.54, 1.807) is 20.8 Å². The van der Waals surface area contributed by atoms with Crippen LogP contribution in [0.4, 0.5) is 10.5 Å². The molecule has 0 fully saturated rings. The van der Waals surface area contributed by atoms with Gasteiger partial charge in [0.05, 0.1) is 5.69 Å². The molecule has 0 radical (unpaired) electrons. The summed E-state index contributed by atoms with van der Waals surface area (Å²) in [6.45, 7) is 9.10. The van der Waals surface area contributed by atoms with Crippen LogP contribution in [-0.2, 0) is 16.0 Å². The summed E-state index contributed by atoms with van der Waals surface area (Å²) < 4.78 is 5.38. The summed E-state index contributed by atoms with van der Waals surface area (Å²) in [7, 11) is 0. The van der Waals surface area contributed by atoms with E-state index in [2.05, 4.69) is 0 Å². The van der Waals surface area contributed by atoms with E-state index in [1.807, 2.05) is 26.0 Å². The first-order valence-electron chi connectivity index (χ1n) is 6.96. The second-order valence-electron chi connectivity index (χ2n) is 6.44. The number of carboxylic acid groups (broad SMARTS) is 1. The molecule has 21 heavy (non-hydrogen) atoms. The Morgan fingerprint density at radius 2 is 1.81 bits per heavy atom. The highest BCUT2D eigenvalue weighted by Crippen LogP contribution is 2.38. The van der Waals surface area contributed by atoms with Gasteiger partial charge in [0.15, 0.2) is 0 Å². The molecule has 0 saturated heterocycles. The molecule has 0 aliphatic carbocycles. The molecule has 5 heteroatoms. The largest absolute Gasteiger partial charge is 0.480 e. The van der Waals surface area contributed by atoms with E-state index in [0.29, 0.717) is 12.1 Å². The van der Waals surface area contributed by atoms with Crippen molar-refractivity contribution in [2.45, 2.75) is 52.7 Å². The summed E-state index contributed by atoms with van der Waals surface area (Å²) in [6.07, 6.45) is -0.292. The van der Waals surface area contributed by atoms with Gasteiger partial charge in [-0.1, -0.05) is 12.1 Å². The Labute approximate surface area is 124 Å². The Morgan fingerprint density at radius 1 is 1.24 bits per heavy atom. The van der Waals surface area contributed by atoms with E-state index in [9.17, 15) is 14.7 Å². The van der Waals surface area contributed by atoms with E-state index >= 15 is 0 Å². The van der Waals surface area contributed by atoms with Crippen molar-refractivity contribution in [1.82, 2.24) is 0 Å². The smallest absolute Gasteiger partial charge is 0.415 e. The van der Waals surface area contributed by atoms with Crippen molar-refractivity contribution in [3.63, 3.8) is 0 Å². The Kier molecular flexibility index (Phi) is 3.70. The minimum absolute atomic E-state index is 0.317. The number of aryl methyl sites for hydroxylation is 2. The van der Waals surface area contributed by atoms with Crippen LogP contribution >= 0.6 is 0 Å². The highest BCUT2D eigenvalue weighted by Gasteiger charge is 2.42. The second kappa shape index (κ2) is 5.06. The average molecular weight is 291 g/mol. The molecule has 1 aromatic carbocycles. The van der Waals surface area contributed by atoms with Crippen LogP contribution in [0.5, 0.6) is 0 Å². The molecule has 1 unspecified atom stereocenters. The number of anilines is 1. The van der Waals surface area contributed by atoms with Crippen molar-refractivity contribution in [2.75, 3.05) is 4.90 Å². The Balaban J connectivity index is 2.50. The van der Waals surface area contributed by atoms with Crippen molar-refractivity contribution in [2.24, 2.45) is 0 Å². The van der Waals surface area contributed by atoms with Crippen LogP contribution in [0.25, 0.3) is 0 Å². The molecule has 114 valence electrons. The Bertz CT molecular complexity index is 601. The highest BCUT2D eigenvalue weighted by molar-refractivity contribution is 5.99. The molecule has 0 saturated carbocycles. The molecule has 1 aliphatic heterocycles. The highest BCUT2D eigenvalue weighted by atomic mass is 16.6. The number of amides is 1. The molecular formula is C16H21NO4. The van der Waals surface area contributed by atoms with Gasteiger partial charge in [0, 0.05) is 6.42 Å². The van der Waals surface area contributed by atoms with E-state index < -0.39 is 23.7 Å². The molecule has 1 atom stereocenters.